The van der Waals surface area contributed by atoms with E-state index in [2.05, 4.69) is 10.3 Å². The highest BCUT2D eigenvalue weighted by molar-refractivity contribution is 6.04. The Labute approximate surface area is 183 Å². The molecule has 0 aliphatic carbocycles. The van der Waals surface area contributed by atoms with Crippen molar-refractivity contribution in [1.29, 1.82) is 0 Å². The van der Waals surface area contributed by atoms with Crippen molar-refractivity contribution in [3.63, 3.8) is 0 Å². The van der Waals surface area contributed by atoms with Gasteiger partial charge in [-0.05, 0) is 36.6 Å². The number of pyridine rings is 1. The van der Waals surface area contributed by atoms with Crippen molar-refractivity contribution in [3.05, 3.63) is 66.4 Å². The first-order chi connectivity index (χ1) is 15.5. The summed E-state index contributed by atoms with van der Waals surface area (Å²) in [6.07, 6.45) is 0. The number of hydrogen-bond acceptors (Lipinski definition) is 6. The molecule has 0 saturated heterocycles. The van der Waals surface area contributed by atoms with Crippen molar-refractivity contribution in [1.82, 2.24) is 10.3 Å². The van der Waals surface area contributed by atoms with Gasteiger partial charge < -0.3 is 25.0 Å². The normalized spacial score (nSPS) is 10.8. The van der Waals surface area contributed by atoms with Gasteiger partial charge in [0.1, 0.15) is 18.0 Å². The molecule has 0 aliphatic rings. The number of fused-ring (bicyclic) bond motifs is 2. The van der Waals surface area contributed by atoms with Crippen molar-refractivity contribution in [2.75, 3.05) is 13.2 Å². The summed E-state index contributed by atoms with van der Waals surface area (Å²) in [5.41, 5.74) is -0.315. The molecule has 1 amide bonds. The zero-order valence-electron chi connectivity index (χ0n) is 17.2. The number of aliphatic carboxylic acids is 1. The number of ether oxygens (including phenoxy) is 2. The average molecular weight is 432 g/mol. The van der Waals surface area contributed by atoms with Crippen molar-refractivity contribution >= 4 is 33.4 Å². The summed E-state index contributed by atoms with van der Waals surface area (Å²) in [6.45, 7) is 1.44. The van der Waals surface area contributed by atoms with E-state index in [0.29, 0.717) is 22.3 Å². The summed E-state index contributed by atoms with van der Waals surface area (Å²) in [5.74, 6) is -1.10. The molecule has 0 spiro atoms. The van der Waals surface area contributed by atoms with Gasteiger partial charge in [-0.3, -0.25) is 9.59 Å². The number of aromatic hydroxyl groups is 1. The minimum absolute atomic E-state index is 0.129. The lowest BCUT2D eigenvalue weighted by atomic mass is 10.1. The number of hydrogen-bond donors (Lipinski definition) is 3. The van der Waals surface area contributed by atoms with Gasteiger partial charge in [0, 0.05) is 10.8 Å². The zero-order valence-corrected chi connectivity index (χ0v) is 17.2. The molecule has 4 rings (SSSR count). The smallest absolute Gasteiger partial charge is 0.322 e. The van der Waals surface area contributed by atoms with Gasteiger partial charge in [0.2, 0.25) is 5.88 Å². The number of carbonyl (C=O) groups is 2. The molecule has 162 valence electrons. The van der Waals surface area contributed by atoms with Gasteiger partial charge in [-0.1, -0.05) is 36.4 Å². The third-order valence-electron chi connectivity index (χ3n) is 4.79. The summed E-state index contributed by atoms with van der Waals surface area (Å²) < 4.78 is 11.7. The SMILES string of the molecule is CCOc1nc(C(=O)NCC(=O)O)c(O)c2ccc(Oc3cccc4ccccc34)cc12. The number of benzene rings is 3. The number of nitrogens with one attached hydrogen (secondary N) is 1. The van der Waals surface area contributed by atoms with Crippen LogP contribution in [0.25, 0.3) is 21.5 Å². The van der Waals surface area contributed by atoms with Crippen LogP contribution >= 0.6 is 0 Å². The van der Waals surface area contributed by atoms with Gasteiger partial charge in [0.25, 0.3) is 5.91 Å². The molecule has 0 fully saturated rings. The fourth-order valence-corrected chi connectivity index (χ4v) is 3.37. The van der Waals surface area contributed by atoms with E-state index < -0.39 is 18.4 Å². The Bertz CT molecular complexity index is 1330. The first kappa shape index (κ1) is 20.9. The molecule has 8 heteroatoms. The van der Waals surface area contributed by atoms with E-state index in [1.54, 1.807) is 25.1 Å². The summed E-state index contributed by atoms with van der Waals surface area (Å²) in [6, 6.07) is 18.5. The maximum atomic E-state index is 12.3. The largest absolute Gasteiger partial charge is 0.505 e. The van der Waals surface area contributed by atoms with Crippen molar-refractivity contribution in [2.24, 2.45) is 0 Å². The van der Waals surface area contributed by atoms with Crippen LogP contribution in [0.3, 0.4) is 0 Å². The minimum Gasteiger partial charge on any atom is -0.505 e. The molecule has 4 aromatic rings. The summed E-state index contributed by atoms with van der Waals surface area (Å²) >= 11 is 0. The van der Waals surface area contributed by atoms with E-state index >= 15 is 0 Å². The van der Waals surface area contributed by atoms with Gasteiger partial charge in [0.15, 0.2) is 11.4 Å². The molecule has 1 heterocycles. The van der Waals surface area contributed by atoms with Crippen LogP contribution in [0.4, 0.5) is 0 Å². The number of carboxylic acids is 1. The molecule has 0 aliphatic heterocycles. The monoisotopic (exact) mass is 432 g/mol. The van der Waals surface area contributed by atoms with Crippen LogP contribution in [0.5, 0.6) is 23.1 Å². The Morgan fingerprint density at radius 2 is 1.78 bits per heavy atom. The second kappa shape index (κ2) is 8.81. The fraction of sp³-hybridized carbons (Fsp3) is 0.125. The van der Waals surface area contributed by atoms with E-state index in [4.69, 9.17) is 14.6 Å². The number of carboxylic acid groups (broad SMARTS) is 1. The quantitative estimate of drug-likeness (QED) is 0.402. The van der Waals surface area contributed by atoms with Crippen LogP contribution in [0.1, 0.15) is 17.4 Å². The highest BCUT2D eigenvalue weighted by atomic mass is 16.5. The van der Waals surface area contributed by atoms with Gasteiger partial charge in [-0.15, -0.1) is 0 Å². The third kappa shape index (κ3) is 4.11. The van der Waals surface area contributed by atoms with Crippen molar-refractivity contribution < 1.29 is 29.3 Å². The molecule has 0 atom stereocenters. The molecule has 1 aromatic heterocycles. The molecular weight excluding hydrogens is 412 g/mol. The number of carbonyl (C=O) groups excluding carboxylic acids is 1. The Morgan fingerprint density at radius 3 is 2.56 bits per heavy atom. The Kier molecular flexibility index (Phi) is 5.76. The van der Waals surface area contributed by atoms with Crippen molar-refractivity contribution in [3.8, 4) is 23.1 Å². The number of aromatic nitrogens is 1. The lowest BCUT2D eigenvalue weighted by Gasteiger charge is -2.14. The van der Waals surface area contributed by atoms with Gasteiger partial charge in [-0.2, -0.15) is 0 Å². The number of rotatable bonds is 7. The molecule has 0 bridgehead atoms. The van der Waals surface area contributed by atoms with Crippen LogP contribution in [0, 0.1) is 0 Å². The topological polar surface area (TPSA) is 118 Å². The third-order valence-corrected chi connectivity index (χ3v) is 4.79. The highest BCUT2D eigenvalue weighted by Gasteiger charge is 2.21. The van der Waals surface area contributed by atoms with Gasteiger partial charge in [-0.25, -0.2) is 4.98 Å². The minimum atomic E-state index is -1.21. The van der Waals surface area contributed by atoms with Crippen LogP contribution in [0.2, 0.25) is 0 Å². The standard InChI is InChI=1S/C24H20N2O6/c1-2-31-24-18-12-15(32-19-9-5-7-14-6-3-4-8-16(14)19)10-11-17(18)22(29)21(26-24)23(30)25-13-20(27)28/h3-12,29H,2,13H2,1H3,(H,25,30)(H,27,28). The summed E-state index contributed by atoms with van der Waals surface area (Å²) in [7, 11) is 0. The predicted molar refractivity (Wildman–Crippen MR) is 119 cm³/mol. The second-order valence-corrected chi connectivity index (χ2v) is 6.91. The van der Waals surface area contributed by atoms with E-state index in [1.165, 1.54) is 0 Å². The molecule has 8 nitrogen and oxygen atoms in total. The van der Waals surface area contributed by atoms with Gasteiger partial charge in [0.05, 0.1) is 12.0 Å². The lowest BCUT2D eigenvalue weighted by Crippen LogP contribution is -2.30. The molecule has 32 heavy (non-hydrogen) atoms. The summed E-state index contributed by atoms with van der Waals surface area (Å²) in [5, 5.41) is 24.4. The second-order valence-electron chi connectivity index (χ2n) is 6.91. The molecular formula is C24H20N2O6. The molecule has 0 radical (unpaired) electrons. The zero-order chi connectivity index (χ0) is 22.7. The lowest BCUT2D eigenvalue weighted by molar-refractivity contribution is -0.135. The average Bonchev–Trinajstić information content (AvgIpc) is 2.79. The molecule has 0 saturated carbocycles. The van der Waals surface area contributed by atoms with Crippen molar-refractivity contribution in [2.45, 2.75) is 6.92 Å². The Balaban J connectivity index is 1.76. The predicted octanol–water partition coefficient (Wildman–Crippen LogP) is 4.10. The summed E-state index contributed by atoms with van der Waals surface area (Å²) in [4.78, 5) is 27.2. The maximum Gasteiger partial charge on any atom is 0.322 e. The van der Waals surface area contributed by atoms with E-state index in [1.807, 2.05) is 42.5 Å². The number of amides is 1. The molecule has 0 unspecified atom stereocenters. The van der Waals surface area contributed by atoms with Crippen LogP contribution in [-0.4, -0.2) is 40.2 Å². The van der Waals surface area contributed by atoms with E-state index in [9.17, 15) is 14.7 Å². The van der Waals surface area contributed by atoms with Crippen LogP contribution in [-0.2, 0) is 4.79 Å². The van der Waals surface area contributed by atoms with E-state index in [-0.39, 0.29) is 23.9 Å². The molecule has 3 aromatic carbocycles. The first-order valence-electron chi connectivity index (χ1n) is 9.93. The fourth-order valence-electron chi connectivity index (χ4n) is 3.37. The molecule has 3 N–H and O–H groups in total. The Hall–Kier alpha value is -4.33. The highest BCUT2D eigenvalue weighted by Crippen LogP contribution is 2.38. The van der Waals surface area contributed by atoms with Gasteiger partial charge >= 0.3 is 5.97 Å². The van der Waals surface area contributed by atoms with E-state index in [0.717, 1.165) is 10.8 Å². The first-order valence-corrected chi connectivity index (χ1v) is 9.93. The number of nitrogens with zero attached hydrogens (tertiary/aromatic N) is 1. The maximum absolute atomic E-state index is 12.3. The Morgan fingerprint density at radius 1 is 1.00 bits per heavy atom. The van der Waals surface area contributed by atoms with Crippen LogP contribution < -0.4 is 14.8 Å². The van der Waals surface area contributed by atoms with Crippen LogP contribution in [0.15, 0.2) is 60.7 Å².